The van der Waals surface area contributed by atoms with Gasteiger partial charge in [-0.3, -0.25) is 4.79 Å². The molecule has 3 rings (SSSR count). The highest BCUT2D eigenvalue weighted by Gasteiger charge is 2.33. The van der Waals surface area contributed by atoms with Crippen molar-refractivity contribution in [1.29, 1.82) is 0 Å². The van der Waals surface area contributed by atoms with Crippen molar-refractivity contribution in [2.75, 3.05) is 13.6 Å². The van der Waals surface area contributed by atoms with Gasteiger partial charge in [0.2, 0.25) is 11.7 Å². The maximum Gasteiger partial charge on any atom is 0.246 e. The molecule has 128 valence electrons. The van der Waals surface area contributed by atoms with Crippen molar-refractivity contribution in [3.05, 3.63) is 29.8 Å². The molecule has 0 bridgehead atoms. The molecule has 0 atom stereocenters. The van der Waals surface area contributed by atoms with Gasteiger partial charge in [0.05, 0.1) is 5.60 Å². The van der Waals surface area contributed by atoms with Crippen LogP contribution in [0, 0.1) is 6.92 Å². The van der Waals surface area contributed by atoms with Crippen molar-refractivity contribution in [2.45, 2.75) is 44.8 Å². The number of aryl methyl sites for hydroxylation is 1. The predicted octanol–water partition coefficient (Wildman–Crippen LogP) is 1.41. The zero-order chi connectivity index (χ0) is 17.2. The minimum Gasteiger partial charge on any atom is -0.388 e. The molecule has 0 radical (unpaired) electrons. The van der Waals surface area contributed by atoms with E-state index in [1.54, 1.807) is 11.9 Å². The van der Waals surface area contributed by atoms with E-state index in [0.717, 1.165) is 36.8 Å². The van der Waals surface area contributed by atoms with E-state index in [2.05, 4.69) is 15.4 Å². The molecule has 1 N–H and O–H groups in total. The Kier molecular flexibility index (Phi) is 4.62. The number of hydrogen-bond acceptors (Lipinski definition) is 5. The number of aliphatic hydroxyl groups is 1. The Morgan fingerprint density at radius 2 is 1.96 bits per heavy atom. The van der Waals surface area contributed by atoms with E-state index in [1.807, 2.05) is 31.2 Å². The number of amides is 1. The molecule has 1 aromatic carbocycles. The Hall–Kier alpha value is -2.28. The van der Waals surface area contributed by atoms with Crippen LogP contribution in [0.2, 0.25) is 0 Å². The van der Waals surface area contributed by atoms with Crippen LogP contribution in [0.5, 0.6) is 0 Å². The van der Waals surface area contributed by atoms with E-state index >= 15 is 0 Å². The van der Waals surface area contributed by atoms with Gasteiger partial charge in [0, 0.05) is 19.2 Å². The first-order valence-electron chi connectivity index (χ1n) is 8.26. The second-order valence-corrected chi connectivity index (χ2v) is 6.69. The third kappa shape index (κ3) is 3.79. The van der Waals surface area contributed by atoms with Crippen LogP contribution in [0.15, 0.2) is 24.3 Å². The molecule has 1 aromatic heterocycles. The Balaban J connectivity index is 1.61. The molecular weight excluding hydrogens is 306 g/mol. The fraction of sp³-hybridized carbons (Fsp3) is 0.529. The molecule has 2 aromatic rings. The van der Waals surface area contributed by atoms with Crippen LogP contribution in [-0.4, -0.2) is 55.3 Å². The van der Waals surface area contributed by atoms with Gasteiger partial charge in [-0.2, -0.15) is 4.80 Å². The first kappa shape index (κ1) is 16.6. The molecule has 24 heavy (non-hydrogen) atoms. The van der Waals surface area contributed by atoms with Crippen molar-refractivity contribution in [2.24, 2.45) is 0 Å². The molecular formula is C17H23N5O2. The lowest BCUT2D eigenvalue weighted by atomic mass is 10.0. The number of carbonyl (C=O) groups is 1. The molecule has 1 aliphatic rings. The quantitative estimate of drug-likeness (QED) is 0.896. The Bertz CT molecular complexity index is 704. The smallest absolute Gasteiger partial charge is 0.246 e. The van der Waals surface area contributed by atoms with Crippen LogP contribution in [0.25, 0.3) is 11.4 Å². The second kappa shape index (κ2) is 6.68. The fourth-order valence-electron chi connectivity index (χ4n) is 3.09. The Morgan fingerprint density at radius 3 is 2.62 bits per heavy atom. The largest absolute Gasteiger partial charge is 0.388 e. The van der Waals surface area contributed by atoms with Crippen molar-refractivity contribution in [3.63, 3.8) is 0 Å². The van der Waals surface area contributed by atoms with Crippen LogP contribution >= 0.6 is 0 Å². The molecule has 7 nitrogen and oxygen atoms in total. The molecule has 1 amide bonds. The average Bonchev–Trinajstić information content (AvgIpc) is 3.17. The van der Waals surface area contributed by atoms with Crippen molar-refractivity contribution < 1.29 is 9.90 Å². The lowest BCUT2D eigenvalue weighted by molar-refractivity contribution is -0.134. The highest BCUT2D eigenvalue weighted by molar-refractivity contribution is 5.75. The van der Waals surface area contributed by atoms with E-state index in [9.17, 15) is 9.90 Å². The van der Waals surface area contributed by atoms with E-state index in [-0.39, 0.29) is 12.5 Å². The summed E-state index contributed by atoms with van der Waals surface area (Å²) in [4.78, 5) is 15.2. The molecule has 1 aliphatic carbocycles. The predicted molar refractivity (Wildman–Crippen MR) is 89.0 cm³/mol. The number of benzene rings is 1. The zero-order valence-electron chi connectivity index (χ0n) is 14.1. The number of tetrazole rings is 1. The molecule has 0 spiro atoms. The van der Waals surface area contributed by atoms with E-state index < -0.39 is 5.60 Å². The molecule has 0 saturated heterocycles. The Labute approximate surface area is 141 Å². The standard InChI is InChI=1S/C17H23N5O2/c1-13-5-7-14(8-6-13)16-18-20-22(19-16)11-15(23)21(2)12-17(24)9-3-4-10-17/h5-8,24H,3-4,9-12H2,1-2H3. The summed E-state index contributed by atoms with van der Waals surface area (Å²) in [6, 6.07) is 7.83. The van der Waals surface area contributed by atoms with Crippen LogP contribution in [0.1, 0.15) is 31.2 Å². The maximum absolute atomic E-state index is 12.3. The van der Waals surface area contributed by atoms with Gasteiger partial charge in [0.15, 0.2) is 0 Å². The average molecular weight is 329 g/mol. The van der Waals surface area contributed by atoms with Gasteiger partial charge in [-0.25, -0.2) is 0 Å². The number of likely N-dealkylation sites (N-methyl/N-ethyl adjacent to an activating group) is 1. The topological polar surface area (TPSA) is 84.1 Å². The molecule has 0 aliphatic heterocycles. The maximum atomic E-state index is 12.3. The summed E-state index contributed by atoms with van der Waals surface area (Å²) < 4.78 is 0. The number of hydrogen-bond donors (Lipinski definition) is 1. The third-order valence-electron chi connectivity index (χ3n) is 4.53. The molecule has 0 unspecified atom stereocenters. The van der Waals surface area contributed by atoms with Gasteiger partial charge < -0.3 is 10.0 Å². The normalized spacial score (nSPS) is 16.3. The van der Waals surface area contributed by atoms with E-state index in [0.29, 0.717) is 12.4 Å². The van der Waals surface area contributed by atoms with Crippen molar-refractivity contribution in [3.8, 4) is 11.4 Å². The Morgan fingerprint density at radius 1 is 1.29 bits per heavy atom. The molecule has 7 heteroatoms. The summed E-state index contributed by atoms with van der Waals surface area (Å²) in [5.74, 6) is 0.364. The summed E-state index contributed by atoms with van der Waals surface area (Å²) in [6.07, 6.45) is 3.54. The van der Waals surface area contributed by atoms with Crippen LogP contribution in [0.3, 0.4) is 0 Å². The molecule has 1 fully saturated rings. The van der Waals surface area contributed by atoms with E-state index in [4.69, 9.17) is 0 Å². The zero-order valence-corrected chi connectivity index (χ0v) is 14.1. The monoisotopic (exact) mass is 329 g/mol. The number of aromatic nitrogens is 4. The SMILES string of the molecule is Cc1ccc(-c2nnn(CC(=O)N(C)CC3(O)CCCC3)n2)cc1. The van der Waals surface area contributed by atoms with Gasteiger partial charge >= 0.3 is 0 Å². The fourth-order valence-corrected chi connectivity index (χ4v) is 3.09. The first-order chi connectivity index (χ1) is 11.5. The highest BCUT2D eigenvalue weighted by atomic mass is 16.3. The summed E-state index contributed by atoms with van der Waals surface area (Å²) >= 11 is 0. The number of rotatable bonds is 5. The number of nitrogens with zero attached hydrogens (tertiary/aromatic N) is 5. The molecule has 1 saturated carbocycles. The summed E-state index contributed by atoms with van der Waals surface area (Å²) in [5.41, 5.74) is 1.29. The first-order valence-corrected chi connectivity index (χ1v) is 8.26. The summed E-state index contributed by atoms with van der Waals surface area (Å²) in [7, 11) is 1.70. The van der Waals surface area contributed by atoms with Crippen LogP contribution in [-0.2, 0) is 11.3 Å². The van der Waals surface area contributed by atoms with Crippen molar-refractivity contribution >= 4 is 5.91 Å². The summed E-state index contributed by atoms with van der Waals surface area (Å²) in [5, 5.41) is 22.6. The van der Waals surface area contributed by atoms with Crippen molar-refractivity contribution in [1.82, 2.24) is 25.1 Å². The van der Waals surface area contributed by atoms with Crippen LogP contribution < -0.4 is 0 Å². The van der Waals surface area contributed by atoms with Gasteiger partial charge in [0.25, 0.3) is 0 Å². The lowest BCUT2D eigenvalue weighted by Gasteiger charge is -2.28. The van der Waals surface area contributed by atoms with E-state index in [1.165, 1.54) is 4.80 Å². The lowest BCUT2D eigenvalue weighted by Crippen LogP contribution is -2.43. The summed E-state index contributed by atoms with van der Waals surface area (Å²) in [6.45, 7) is 2.39. The number of carbonyl (C=O) groups excluding carboxylic acids is 1. The highest BCUT2D eigenvalue weighted by Crippen LogP contribution is 2.29. The minimum atomic E-state index is -0.743. The van der Waals surface area contributed by atoms with Gasteiger partial charge in [0.1, 0.15) is 6.54 Å². The van der Waals surface area contributed by atoms with Gasteiger partial charge in [-0.05, 0) is 25.0 Å². The minimum absolute atomic E-state index is 0.0193. The molecule has 1 heterocycles. The van der Waals surface area contributed by atoms with Crippen LogP contribution in [0.4, 0.5) is 0 Å². The third-order valence-corrected chi connectivity index (χ3v) is 4.53. The van der Waals surface area contributed by atoms with Gasteiger partial charge in [-0.1, -0.05) is 42.7 Å². The second-order valence-electron chi connectivity index (χ2n) is 6.69. The van der Waals surface area contributed by atoms with Gasteiger partial charge in [-0.15, -0.1) is 10.2 Å².